The molecule has 0 atom stereocenters. The van der Waals surface area contributed by atoms with E-state index in [1.165, 1.54) is 0 Å². The lowest BCUT2D eigenvalue weighted by molar-refractivity contribution is -0.385. The molecule has 1 aromatic heterocycles. The number of ether oxygens (including phenoxy) is 2. The van der Waals surface area contributed by atoms with Crippen LogP contribution < -0.4 is 14.8 Å². The van der Waals surface area contributed by atoms with Gasteiger partial charge in [0.05, 0.1) is 18.1 Å². The third-order valence-electron chi connectivity index (χ3n) is 3.37. The van der Waals surface area contributed by atoms with Crippen LogP contribution in [0, 0.1) is 10.1 Å². The van der Waals surface area contributed by atoms with Crippen molar-refractivity contribution in [2.75, 3.05) is 12.4 Å². The summed E-state index contributed by atoms with van der Waals surface area (Å²) in [7, 11) is 1.16. The van der Waals surface area contributed by atoms with Crippen molar-refractivity contribution >= 4 is 28.1 Å². The molecule has 0 radical (unpaired) electrons. The molecule has 0 fully saturated rings. The van der Waals surface area contributed by atoms with E-state index >= 15 is 0 Å². The smallest absolute Gasteiger partial charge is 0.387 e. The molecule has 9 nitrogen and oxygen atoms in total. The van der Waals surface area contributed by atoms with Crippen LogP contribution in [0.25, 0.3) is 0 Å². The minimum absolute atomic E-state index is 0.173. The maximum Gasteiger partial charge on any atom is 0.387 e. The Morgan fingerprint density at radius 2 is 2.11 bits per heavy atom. The molecule has 0 unspecified atom stereocenters. The number of nitro groups is 1. The maximum absolute atomic E-state index is 12.5. The summed E-state index contributed by atoms with van der Waals surface area (Å²) in [6.07, 6.45) is 2.59. The standard InChI is InChI=1S/C15H16F2N4O5S/c1-3-4-5-12-19-20-15(27-12)18-13(22)8-6-10(25-2)11(26-14(16)17)7-9(8)21(23)24/h6-7,14H,3-5H2,1-2H3,(H,18,20,22). The molecule has 0 bridgehead atoms. The topological polar surface area (TPSA) is 116 Å². The molecule has 1 aromatic carbocycles. The number of alkyl halides is 2. The summed E-state index contributed by atoms with van der Waals surface area (Å²) >= 11 is 1.15. The van der Waals surface area contributed by atoms with Crippen LogP contribution in [0.3, 0.4) is 0 Å². The van der Waals surface area contributed by atoms with Gasteiger partial charge in [-0.1, -0.05) is 24.7 Å². The van der Waals surface area contributed by atoms with E-state index in [1.54, 1.807) is 0 Å². The molecule has 146 valence electrons. The second-order valence-corrected chi connectivity index (χ2v) is 6.28. The molecule has 0 aliphatic rings. The van der Waals surface area contributed by atoms with Gasteiger partial charge in [0.1, 0.15) is 10.6 Å². The van der Waals surface area contributed by atoms with Gasteiger partial charge < -0.3 is 9.47 Å². The highest BCUT2D eigenvalue weighted by Crippen LogP contribution is 2.36. The summed E-state index contributed by atoms with van der Waals surface area (Å²) in [5.41, 5.74) is -1.09. The molecule has 0 spiro atoms. The van der Waals surface area contributed by atoms with Gasteiger partial charge in [-0.05, 0) is 6.42 Å². The minimum Gasteiger partial charge on any atom is -0.493 e. The Morgan fingerprint density at radius 3 is 2.70 bits per heavy atom. The Balaban J connectivity index is 2.30. The average molecular weight is 402 g/mol. The molecule has 2 aromatic rings. The number of halogens is 2. The molecule has 1 heterocycles. The highest BCUT2D eigenvalue weighted by molar-refractivity contribution is 7.15. The summed E-state index contributed by atoms with van der Waals surface area (Å²) in [5, 5.41) is 22.3. The number of unbranched alkanes of at least 4 members (excludes halogenated alkanes) is 1. The molecule has 0 aliphatic carbocycles. The van der Waals surface area contributed by atoms with E-state index in [1.807, 2.05) is 6.92 Å². The SMILES string of the molecule is CCCCc1nnc(NC(=O)c2cc(OC)c(OC(F)F)cc2[N+](=O)[O-])s1. The summed E-state index contributed by atoms with van der Waals surface area (Å²) in [6, 6.07) is 1.68. The number of benzene rings is 1. The van der Waals surface area contributed by atoms with Gasteiger partial charge in [0.2, 0.25) is 5.13 Å². The van der Waals surface area contributed by atoms with Crippen LogP contribution in [-0.4, -0.2) is 34.7 Å². The normalized spacial score (nSPS) is 10.7. The van der Waals surface area contributed by atoms with E-state index in [0.717, 1.165) is 42.4 Å². The molecule has 0 aliphatic heterocycles. The first kappa shape index (κ1) is 20.4. The van der Waals surface area contributed by atoms with Gasteiger partial charge in [0, 0.05) is 12.5 Å². The molecular weight excluding hydrogens is 386 g/mol. The number of amides is 1. The fourth-order valence-corrected chi connectivity index (χ4v) is 2.90. The number of aryl methyl sites for hydroxylation is 1. The van der Waals surface area contributed by atoms with E-state index in [2.05, 4.69) is 20.3 Å². The highest BCUT2D eigenvalue weighted by Gasteiger charge is 2.26. The predicted octanol–water partition coefficient (Wildman–Crippen LogP) is 3.65. The summed E-state index contributed by atoms with van der Waals surface area (Å²) in [5.74, 6) is -1.64. The predicted molar refractivity (Wildman–Crippen MR) is 92.8 cm³/mol. The molecule has 0 saturated heterocycles. The van der Waals surface area contributed by atoms with Gasteiger partial charge in [-0.3, -0.25) is 20.2 Å². The Hall–Kier alpha value is -2.89. The summed E-state index contributed by atoms with van der Waals surface area (Å²) < 4.78 is 34.0. The fourth-order valence-electron chi connectivity index (χ4n) is 2.13. The monoisotopic (exact) mass is 402 g/mol. The van der Waals surface area contributed by atoms with Crippen molar-refractivity contribution in [3.8, 4) is 11.5 Å². The minimum atomic E-state index is -3.21. The van der Waals surface area contributed by atoms with E-state index < -0.39 is 28.9 Å². The first-order valence-corrected chi connectivity index (χ1v) is 8.62. The van der Waals surface area contributed by atoms with Crippen molar-refractivity contribution in [1.29, 1.82) is 0 Å². The first-order chi connectivity index (χ1) is 12.8. The van der Waals surface area contributed by atoms with Crippen molar-refractivity contribution in [3.63, 3.8) is 0 Å². The molecule has 1 amide bonds. The van der Waals surface area contributed by atoms with E-state index in [0.29, 0.717) is 12.5 Å². The van der Waals surface area contributed by atoms with Crippen molar-refractivity contribution in [2.45, 2.75) is 32.8 Å². The molecule has 1 N–H and O–H groups in total. The van der Waals surface area contributed by atoms with Crippen LogP contribution in [0.4, 0.5) is 19.6 Å². The fraction of sp³-hybridized carbons (Fsp3) is 0.400. The zero-order valence-electron chi connectivity index (χ0n) is 14.4. The number of nitrogens with zero attached hydrogens (tertiary/aromatic N) is 3. The van der Waals surface area contributed by atoms with Gasteiger partial charge in [0.25, 0.3) is 11.6 Å². The van der Waals surface area contributed by atoms with Crippen molar-refractivity contribution in [2.24, 2.45) is 0 Å². The Kier molecular flexibility index (Phi) is 6.93. The number of methoxy groups -OCH3 is 1. The number of anilines is 1. The first-order valence-electron chi connectivity index (χ1n) is 7.80. The van der Waals surface area contributed by atoms with Crippen molar-refractivity contribution < 1.29 is 28.0 Å². The van der Waals surface area contributed by atoms with Gasteiger partial charge in [0.15, 0.2) is 11.5 Å². The number of nitro benzene ring substituents is 1. The van der Waals surface area contributed by atoms with Crippen LogP contribution in [-0.2, 0) is 6.42 Å². The number of hydrogen-bond acceptors (Lipinski definition) is 8. The highest BCUT2D eigenvalue weighted by atomic mass is 32.1. The van der Waals surface area contributed by atoms with E-state index in [9.17, 15) is 23.7 Å². The quantitative estimate of drug-likeness (QED) is 0.502. The lowest BCUT2D eigenvalue weighted by Crippen LogP contribution is -2.15. The van der Waals surface area contributed by atoms with E-state index in [-0.39, 0.29) is 16.4 Å². The third-order valence-corrected chi connectivity index (χ3v) is 4.27. The molecular formula is C15H16F2N4O5S. The average Bonchev–Trinajstić information content (AvgIpc) is 3.06. The summed E-state index contributed by atoms with van der Waals surface area (Å²) in [4.78, 5) is 22.8. The molecule has 0 saturated carbocycles. The number of nitrogens with one attached hydrogen (secondary N) is 1. The maximum atomic E-state index is 12.5. The zero-order valence-corrected chi connectivity index (χ0v) is 15.2. The van der Waals surface area contributed by atoms with Crippen LogP contribution >= 0.6 is 11.3 Å². The van der Waals surface area contributed by atoms with Gasteiger partial charge in [-0.15, -0.1) is 10.2 Å². The number of carbonyl (C=O) groups excluding carboxylic acids is 1. The molecule has 27 heavy (non-hydrogen) atoms. The van der Waals surface area contributed by atoms with Crippen molar-refractivity contribution in [3.05, 3.63) is 32.8 Å². The Bertz CT molecular complexity index is 831. The van der Waals surface area contributed by atoms with Crippen LogP contribution in [0.15, 0.2) is 12.1 Å². The molecule has 12 heteroatoms. The van der Waals surface area contributed by atoms with Gasteiger partial charge in [-0.25, -0.2) is 0 Å². The third kappa shape index (κ3) is 5.29. The lowest BCUT2D eigenvalue weighted by Gasteiger charge is -2.11. The summed E-state index contributed by atoms with van der Waals surface area (Å²) in [6.45, 7) is -1.18. The molecule has 2 rings (SSSR count). The second-order valence-electron chi connectivity index (χ2n) is 5.21. The van der Waals surface area contributed by atoms with Crippen molar-refractivity contribution in [1.82, 2.24) is 10.2 Å². The Labute approximate surface area is 156 Å². The van der Waals surface area contributed by atoms with Crippen LogP contribution in [0.5, 0.6) is 11.5 Å². The number of rotatable bonds is 9. The zero-order chi connectivity index (χ0) is 20.0. The van der Waals surface area contributed by atoms with Gasteiger partial charge >= 0.3 is 6.61 Å². The van der Waals surface area contributed by atoms with Gasteiger partial charge in [-0.2, -0.15) is 8.78 Å². The number of hydrogen-bond donors (Lipinski definition) is 1. The van der Waals surface area contributed by atoms with Crippen LogP contribution in [0.1, 0.15) is 35.1 Å². The van der Waals surface area contributed by atoms with Crippen LogP contribution in [0.2, 0.25) is 0 Å². The second kappa shape index (κ2) is 9.16. The Morgan fingerprint density at radius 1 is 1.37 bits per heavy atom. The largest absolute Gasteiger partial charge is 0.493 e. The number of carbonyl (C=O) groups is 1. The number of aromatic nitrogens is 2. The van der Waals surface area contributed by atoms with E-state index in [4.69, 9.17) is 4.74 Å². The lowest BCUT2D eigenvalue weighted by atomic mass is 10.1.